The molecule has 8 heteroatoms. The Hall–Kier alpha value is -3.16. The fraction of sp³-hybridized carbons (Fsp3) is 0.500. The molecule has 3 unspecified atom stereocenters. The molecule has 2 fully saturated rings. The van der Waals surface area contributed by atoms with Gasteiger partial charge >= 0.3 is 12.2 Å². The maximum atomic E-state index is 12.6. The maximum absolute atomic E-state index is 12.6. The third kappa shape index (κ3) is 4.69. The van der Waals surface area contributed by atoms with Gasteiger partial charge in [0.05, 0.1) is 5.41 Å². The number of aromatic nitrogens is 2. The number of fused-ring (bicyclic) bond motifs is 1. The molecule has 2 heterocycles. The number of amides is 2. The second-order valence-electron chi connectivity index (χ2n) is 9.46. The Morgan fingerprint density at radius 2 is 1.84 bits per heavy atom. The van der Waals surface area contributed by atoms with Crippen LogP contribution in [0.4, 0.5) is 9.59 Å². The molecule has 1 aromatic carbocycles. The van der Waals surface area contributed by atoms with E-state index >= 15 is 0 Å². The minimum atomic E-state index is -0.540. The number of carbonyl (C=O) groups excluding carboxylic acids is 2. The summed E-state index contributed by atoms with van der Waals surface area (Å²) in [7, 11) is 0. The predicted molar refractivity (Wildman–Crippen MR) is 118 cm³/mol. The zero-order valence-electron chi connectivity index (χ0n) is 18.8. The van der Waals surface area contributed by atoms with E-state index in [-0.39, 0.29) is 24.5 Å². The lowest BCUT2D eigenvalue weighted by Crippen LogP contribution is -2.41. The van der Waals surface area contributed by atoms with Gasteiger partial charge in [-0.15, -0.1) is 0 Å². The first-order valence-electron chi connectivity index (χ1n) is 11.0. The van der Waals surface area contributed by atoms with Crippen molar-refractivity contribution in [3.8, 4) is 0 Å². The van der Waals surface area contributed by atoms with Gasteiger partial charge in [-0.1, -0.05) is 30.3 Å². The Morgan fingerprint density at radius 1 is 1.12 bits per heavy atom. The van der Waals surface area contributed by atoms with Crippen molar-refractivity contribution in [2.45, 2.75) is 44.8 Å². The highest BCUT2D eigenvalue weighted by atomic mass is 16.6. The Morgan fingerprint density at radius 3 is 2.53 bits per heavy atom. The molecule has 2 amide bonds. The van der Waals surface area contributed by atoms with Crippen molar-refractivity contribution in [1.29, 1.82) is 0 Å². The molecule has 1 aliphatic heterocycles. The molecule has 0 spiro atoms. The molecule has 2 aromatic rings. The average Bonchev–Trinajstić information content (AvgIpc) is 3.44. The van der Waals surface area contributed by atoms with E-state index in [2.05, 4.69) is 15.3 Å². The van der Waals surface area contributed by atoms with Crippen LogP contribution in [-0.4, -0.2) is 52.3 Å². The monoisotopic (exact) mass is 438 g/mol. The number of hydrogen-bond donors (Lipinski definition) is 1. The summed E-state index contributed by atoms with van der Waals surface area (Å²) in [6.45, 7) is 7.33. The van der Waals surface area contributed by atoms with Crippen LogP contribution < -0.4 is 5.32 Å². The maximum Gasteiger partial charge on any atom is 0.410 e. The molecule has 2 aliphatic rings. The van der Waals surface area contributed by atoms with Crippen LogP contribution in [0.3, 0.4) is 0 Å². The highest BCUT2D eigenvalue weighted by Crippen LogP contribution is 2.62. The number of rotatable bonds is 5. The number of alkyl carbamates (subject to hydrolysis) is 1. The van der Waals surface area contributed by atoms with Gasteiger partial charge in [-0.2, -0.15) is 0 Å². The van der Waals surface area contributed by atoms with E-state index < -0.39 is 17.1 Å². The van der Waals surface area contributed by atoms with Gasteiger partial charge in [0.15, 0.2) is 0 Å². The number of nitrogens with zero attached hydrogens (tertiary/aromatic N) is 3. The molecule has 3 atom stereocenters. The van der Waals surface area contributed by atoms with E-state index in [4.69, 9.17) is 9.47 Å². The summed E-state index contributed by atoms with van der Waals surface area (Å²) in [4.78, 5) is 35.7. The van der Waals surface area contributed by atoms with Gasteiger partial charge in [0.25, 0.3) is 0 Å². The van der Waals surface area contributed by atoms with Crippen molar-refractivity contribution in [3.63, 3.8) is 0 Å². The smallest absolute Gasteiger partial charge is 0.410 e. The molecule has 0 radical (unpaired) electrons. The first kappa shape index (κ1) is 22.0. The van der Waals surface area contributed by atoms with Crippen molar-refractivity contribution in [2.75, 3.05) is 19.6 Å². The van der Waals surface area contributed by atoms with E-state index in [1.165, 1.54) is 0 Å². The van der Waals surface area contributed by atoms with E-state index in [9.17, 15) is 9.59 Å². The number of ether oxygens (including phenoxy) is 2. The van der Waals surface area contributed by atoms with Crippen LogP contribution in [0, 0.1) is 11.8 Å². The predicted octanol–water partition coefficient (Wildman–Crippen LogP) is 3.53. The zero-order valence-corrected chi connectivity index (χ0v) is 18.8. The molecule has 1 N–H and O–H groups in total. The van der Waals surface area contributed by atoms with Crippen molar-refractivity contribution in [1.82, 2.24) is 20.2 Å². The molecule has 32 heavy (non-hydrogen) atoms. The second-order valence-corrected chi connectivity index (χ2v) is 9.46. The van der Waals surface area contributed by atoms with Gasteiger partial charge in [0.1, 0.15) is 18.0 Å². The molecule has 1 saturated heterocycles. The van der Waals surface area contributed by atoms with Crippen LogP contribution in [-0.2, 0) is 21.5 Å². The van der Waals surface area contributed by atoms with Gasteiger partial charge in [-0.05, 0) is 50.7 Å². The minimum absolute atomic E-state index is 0.153. The highest BCUT2D eigenvalue weighted by molar-refractivity contribution is 5.69. The molecule has 0 bridgehead atoms. The summed E-state index contributed by atoms with van der Waals surface area (Å²) in [6, 6.07) is 11.3. The lowest BCUT2D eigenvalue weighted by atomic mass is 10.00. The van der Waals surface area contributed by atoms with Crippen LogP contribution in [0.25, 0.3) is 0 Å². The summed E-state index contributed by atoms with van der Waals surface area (Å²) in [5.74, 6) is 1.14. The number of carbonyl (C=O) groups is 2. The normalized spacial score (nSPS) is 24.3. The summed E-state index contributed by atoms with van der Waals surface area (Å²) in [5, 5.41) is 2.92. The van der Waals surface area contributed by atoms with E-state index in [1.54, 1.807) is 23.4 Å². The molecule has 1 aliphatic carbocycles. The number of hydrogen-bond acceptors (Lipinski definition) is 6. The van der Waals surface area contributed by atoms with Crippen LogP contribution in [0.5, 0.6) is 0 Å². The fourth-order valence-electron chi connectivity index (χ4n) is 4.67. The molecule has 8 nitrogen and oxygen atoms in total. The molecular weight excluding hydrogens is 408 g/mol. The van der Waals surface area contributed by atoms with E-state index in [1.807, 2.05) is 51.1 Å². The Bertz CT molecular complexity index is 947. The quantitative estimate of drug-likeness (QED) is 0.768. The average molecular weight is 439 g/mol. The minimum Gasteiger partial charge on any atom is -0.445 e. The third-order valence-electron chi connectivity index (χ3n) is 6.20. The Kier molecular flexibility index (Phi) is 6.04. The number of nitrogens with one attached hydrogen (secondary N) is 1. The van der Waals surface area contributed by atoms with Gasteiger partial charge in [0, 0.05) is 32.0 Å². The van der Waals surface area contributed by atoms with Gasteiger partial charge < -0.3 is 19.7 Å². The molecule has 170 valence electrons. The van der Waals surface area contributed by atoms with Crippen LogP contribution >= 0.6 is 0 Å². The largest absolute Gasteiger partial charge is 0.445 e. The highest BCUT2D eigenvalue weighted by Gasteiger charge is 2.68. The third-order valence-corrected chi connectivity index (χ3v) is 6.20. The molecular formula is C24H30N4O4. The van der Waals surface area contributed by atoms with Crippen molar-refractivity contribution < 1.29 is 19.1 Å². The number of likely N-dealkylation sites (tertiary alicyclic amines) is 1. The number of piperidine rings is 1. The van der Waals surface area contributed by atoms with Gasteiger partial charge in [0.2, 0.25) is 0 Å². The number of benzene rings is 1. The van der Waals surface area contributed by atoms with Gasteiger partial charge in [-0.3, -0.25) is 0 Å². The second kappa shape index (κ2) is 8.76. The van der Waals surface area contributed by atoms with Gasteiger partial charge in [-0.25, -0.2) is 19.6 Å². The SMILES string of the molecule is CC(C)(C)OC(=O)N1CCC2C(C1)C2(CNC(=O)OCc1ccccc1)c1ncccn1. The summed E-state index contributed by atoms with van der Waals surface area (Å²) in [6.07, 6.45) is 3.46. The van der Waals surface area contributed by atoms with E-state index in [0.717, 1.165) is 12.0 Å². The summed E-state index contributed by atoms with van der Waals surface area (Å²) in [5.41, 5.74) is -0.0258. The Balaban J connectivity index is 1.42. The summed E-state index contributed by atoms with van der Waals surface area (Å²) >= 11 is 0. The molecule has 1 aromatic heterocycles. The molecule has 4 rings (SSSR count). The first-order valence-corrected chi connectivity index (χ1v) is 11.0. The van der Waals surface area contributed by atoms with Crippen LogP contribution in [0.1, 0.15) is 38.6 Å². The van der Waals surface area contributed by atoms with Crippen molar-refractivity contribution in [3.05, 3.63) is 60.2 Å². The van der Waals surface area contributed by atoms with Crippen molar-refractivity contribution >= 4 is 12.2 Å². The summed E-state index contributed by atoms with van der Waals surface area (Å²) < 4.78 is 10.9. The first-order chi connectivity index (χ1) is 15.3. The topological polar surface area (TPSA) is 93.7 Å². The molecule has 1 saturated carbocycles. The fourth-order valence-corrected chi connectivity index (χ4v) is 4.67. The van der Waals surface area contributed by atoms with E-state index in [0.29, 0.717) is 25.5 Å². The zero-order chi connectivity index (χ0) is 22.8. The van der Waals surface area contributed by atoms with Crippen molar-refractivity contribution in [2.24, 2.45) is 11.8 Å². The van der Waals surface area contributed by atoms with Crippen LogP contribution in [0.15, 0.2) is 48.8 Å². The lowest BCUT2D eigenvalue weighted by Gasteiger charge is -2.29. The van der Waals surface area contributed by atoms with Crippen LogP contribution in [0.2, 0.25) is 0 Å². The Labute approximate surface area is 188 Å². The standard InChI is InChI=1S/C24H30N4O4/c1-23(2,3)32-22(30)28-13-10-18-19(14-28)24(18,20-25-11-7-12-26-20)16-27-21(29)31-15-17-8-5-4-6-9-17/h4-9,11-12,18-19H,10,13-16H2,1-3H3,(H,27,29). The lowest BCUT2D eigenvalue weighted by molar-refractivity contribution is 0.0206.